The Bertz CT molecular complexity index is 214. The number of hydrogen-bond acceptors (Lipinski definition) is 3. The van der Waals surface area contributed by atoms with E-state index in [0.717, 1.165) is 19.3 Å². The first-order valence-corrected chi connectivity index (χ1v) is 4.47. The fraction of sp³-hybridized carbons (Fsp3) is 0.889. The highest BCUT2D eigenvalue weighted by Gasteiger charge is 2.48. The second-order valence-corrected chi connectivity index (χ2v) is 3.83. The monoisotopic (exact) mass is 170 g/mol. The van der Waals surface area contributed by atoms with E-state index < -0.39 is 5.79 Å². The van der Waals surface area contributed by atoms with E-state index in [0.29, 0.717) is 0 Å². The zero-order chi connectivity index (χ0) is 8.77. The molecule has 2 heterocycles. The number of rotatable bonds is 1. The van der Waals surface area contributed by atoms with Gasteiger partial charge < -0.3 is 9.47 Å². The minimum Gasteiger partial charge on any atom is -0.344 e. The van der Waals surface area contributed by atoms with Crippen LogP contribution < -0.4 is 0 Å². The quantitative estimate of drug-likeness (QED) is 0.594. The molecule has 2 aliphatic rings. The molecule has 0 radical (unpaired) electrons. The maximum atomic E-state index is 11.1. The molecule has 0 aliphatic carbocycles. The van der Waals surface area contributed by atoms with Crippen LogP contribution in [0.3, 0.4) is 0 Å². The molecule has 68 valence electrons. The van der Waals surface area contributed by atoms with Crippen LogP contribution in [-0.4, -0.2) is 23.8 Å². The van der Waals surface area contributed by atoms with Crippen molar-refractivity contribution in [1.29, 1.82) is 0 Å². The average molecular weight is 170 g/mol. The van der Waals surface area contributed by atoms with Gasteiger partial charge in [0.05, 0.1) is 6.10 Å². The van der Waals surface area contributed by atoms with Gasteiger partial charge in [0.15, 0.2) is 11.6 Å². The standard InChI is InChI=1S/C9H14O3/c1-6(10)8-7-4-3-5-9(2,11-7)12-8/h7-8H,3-5H2,1-2H3/t7-,8-,9-/m1/s1. The third kappa shape index (κ3) is 1.17. The predicted molar refractivity (Wildman–Crippen MR) is 42.7 cm³/mol. The van der Waals surface area contributed by atoms with Gasteiger partial charge >= 0.3 is 0 Å². The van der Waals surface area contributed by atoms with E-state index in [1.807, 2.05) is 6.92 Å². The number of hydrogen-bond donors (Lipinski definition) is 0. The Balaban J connectivity index is 2.17. The molecule has 2 rings (SSSR count). The van der Waals surface area contributed by atoms with Crippen LogP contribution in [0.4, 0.5) is 0 Å². The predicted octanol–water partition coefficient (Wildman–Crippen LogP) is 1.26. The van der Waals surface area contributed by atoms with Crippen LogP contribution in [0.15, 0.2) is 0 Å². The van der Waals surface area contributed by atoms with Crippen LogP contribution in [0, 0.1) is 0 Å². The lowest BCUT2D eigenvalue weighted by Crippen LogP contribution is -2.30. The lowest BCUT2D eigenvalue weighted by Gasteiger charge is -2.26. The van der Waals surface area contributed by atoms with Gasteiger partial charge in [-0.3, -0.25) is 4.79 Å². The van der Waals surface area contributed by atoms with Crippen LogP contribution in [0.1, 0.15) is 33.1 Å². The second kappa shape index (κ2) is 2.54. The van der Waals surface area contributed by atoms with Crippen LogP contribution >= 0.6 is 0 Å². The Kier molecular flexibility index (Phi) is 1.73. The van der Waals surface area contributed by atoms with Crippen molar-refractivity contribution in [2.45, 2.75) is 51.1 Å². The molecule has 3 atom stereocenters. The van der Waals surface area contributed by atoms with Crippen molar-refractivity contribution in [3.05, 3.63) is 0 Å². The zero-order valence-electron chi connectivity index (χ0n) is 7.50. The fourth-order valence-corrected chi connectivity index (χ4v) is 2.05. The Morgan fingerprint density at radius 2 is 2.25 bits per heavy atom. The van der Waals surface area contributed by atoms with E-state index in [2.05, 4.69) is 0 Å². The molecule has 0 aromatic rings. The summed E-state index contributed by atoms with van der Waals surface area (Å²) in [4.78, 5) is 11.1. The molecule has 0 amide bonds. The number of ether oxygens (including phenoxy) is 2. The summed E-state index contributed by atoms with van der Waals surface area (Å²) >= 11 is 0. The second-order valence-electron chi connectivity index (χ2n) is 3.83. The van der Waals surface area contributed by atoms with Crippen molar-refractivity contribution in [3.63, 3.8) is 0 Å². The maximum Gasteiger partial charge on any atom is 0.167 e. The molecule has 3 nitrogen and oxygen atoms in total. The first kappa shape index (κ1) is 8.20. The van der Waals surface area contributed by atoms with Crippen molar-refractivity contribution in [3.8, 4) is 0 Å². The summed E-state index contributed by atoms with van der Waals surface area (Å²) in [6.45, 7) is 3.49. The molecular weight excluding hydrogens is 156 g/mol. The van der Waals surface area contributed by atoms with Gasteiger partial charge in [0, 0.05) is 6.42 Å². The number of Topliss-reactive ketones (excluding diaryl/α,β-unsaturated/α-hetero) is 1. The Labute approximate surface area is 72.0 Å². The summed E-state index contributed by atoms with van der Waals surface area (Å²) in [6.07, 6.45) is 2.68. The Morgan fingerprint density at radius 1 is 1.50 bits per heavy atom. The fourth-order valence-electron chi connectivity index (χ4n) is 2.05. The van der Waals surface area contributed by atoms with Crippen molar-refractivity contribution in [2.75, 3.05) is 0 Å². The summed E-state index contributed by atoms with van der Waals surface area (Å²) < 4.78 is 11.2. The van der Waals surface area contributed by atoms with E-state index in [9.17, 15) is 4.79 Å². The normalized spacial score (nSPS) is 46.2. The molecule has 2 fully saturated rings. The molecular formula is C9H14O3. The largest absolute Gasteiger partial charge is 0.344 e. The number of carbonyl (C=O) groups excluding carboxylic acids is 1. The van der Waals surface area contributed by atoms with Crippen LogP contribution in [0.2, 0.25) is 0 Å². The van der Waals surface area contributed by atoms with Gasteiger partial charge in [-0.1, -0.05) is 0 Å². The highest BCUT2D eigenvalue weighted by atomic mass is 16.8. The van der Waals surface area contributed by atoms with E-state index in [1.165, 1.54) is 0 Å². The summed E-state index contributed by atoms with van der Waals surface area (Å²) in [5.74, 6) is -0.384. The molecule has 0 aromatic heterocycles. The molecule has 2 aliphatic heterocycles. The minimum atomic E-state index is -0.473. The topological polar surface area (TPSA) is 35.5 Å². The molecule has 0 N–H and O–H groups in total. The zero-order valence-corrected chi connectivity index (χ0v) is 7.50. The van der Waals surface area contributed by atoms with E-state index in [-0.39, 0.29) is 18.0 Å². The smallest absolute Gasteiger partial charge is 0.167 e. The van der Waals surface area contributed by atoms with Gasteiger partial charge in [-0.2, -0.15) is 0 Å². The van der Waals surface area contributed by atoms with Crippen molar-refractivity contribution in [1.82, 2.24) is 0 Å². The molecule has 0 saturated carbocycles. The Morgan fingerprint density at radius 3 is 2.83 bits per heavy atom. The minimum absolute atomic E-state index is 0.0150. The van der Waals surface area contributed by atoms with E-state index >= 15 is 0 Å². The van der Waals surface area contributed by atoms with Gasteiger partial charge in [0.1, 0.15) is 6.10 Å². The van der Waals surface area contributed by atoms with Crippen molar-refractivity contribution in [2.24, 2.45) is 0 Å². The third-order valence-corrected chi connectivity index (χ3v) is 2.63. The van der Waals surface area contributed by atoms with Gasteiger partial charge in [0.2, 0.25) is 0 Å². The van der Waals surface area contributed by atoms with Crippen LogP contribution in [-0.2, 0) is 14.3 Å². The molecule has 0 unspecified atom stereocenters. The van der Waals surface area contributed by atoms with E-state index in [1.54, 1.807) is 6.92 Å². The van der Waals surface area contributed by atoms with Gasteiger partial charge in [-0.15, -0.1) is 0 Å². The van der Waals surface area contributed by atoms with Crippen LogP contribution in [0.5, 0.6) is 0 Å². The molecule has 0 spiro atoms. The molecule has 3 heteroatoms. The summed E-state index contributed by atoms with van der Waals surface area (Å²) in [5, 5.41) is 0. The summed E-state index contributed by atoms with van der Waals surface area (Å²) in [6, 6.07) is 0. The van der Waals surface area contributed by atoms with Crippen molar-refractivity contribution < 1.29 is 14.3 Å². The lowest BCUT2D eigenvalue weighted by molar-refractivity contribution is -0.180. The summed E-state index contributed by atoms with van der Waals surface area (Å²) in [7, 11) is 0. The van der Waals surface area contributed by atoms with Gasteiger partial charge in [-0.05, 0) is 26.7 Å². The van der Waals surface area contributed by atoms with Gasteiger partial charge in [0.25, 0.3) is 0 Å². The van der Waals surface area contributed by atoms with Crippen molar-refractivity contribution >= 4 is 5.78 Å². The molecule has 0 aromatic carbocycles. The first-order chi connectivity index (χ1) is 5.61. The third-order valence-electron chi connectivity index (χ3n) is 2.63. The average Bonchev–Trinajstić information content (AvgIpc) is 2.22. The molecule has 12 heavy (non-hydrogen) atoms. The van der Waals surface area contributed by atoms with E-state index in [4.69, 9.17) is 9.47 Å². The highest BCUT2D eigenvalue weighted by molar-refractivity contribution is 5.81. The first-order valence-electron chi connectivity index (χ1n) is 4.47. The highest BCUT2D eigenvalue weighted by Crippen LogP contribution is 2.39. The van der Waals surface area contributed by atoms with Crippen LogP contribution in [0.25, 0.3) is 0 Å². The number of ketones is 1. The Hall–Kier alpha value is -0.410. The lowest BCUT2D eigenvalue weighted by atomic mass is 10.0. The summed E-state index contributed by atoms with van der Waals surface area (Å²) in [5.41, 5.74) is 0. The number of fused-ring (bicyclic) bond motifs is 2. The molecule has 2 saturated heterocycles. The molecule has 2 bridgehead atoms. The SMILES string of the molecule is CC(=O)[C@H]1O[C@]2(C)CCC[C@H]1O2. The van der Waals surface area contributed by atoms with Gasteiger partial charge in [-0.25, -0.2) is 0 Å². The number of carbonyl (C=O) groups is 1. The maximum absolute atomic E-state index is 11.1.